The number of anilines is 1. The molecule has 6 heteroatoms. The Bertz CT molecular complexity index is 1070. The van der Waals surface area contributed by atoms with Gasteiger partial charge >= 0.3 is 0 Å². The second-order valence-corrected chi connectivity index (χ2v) is 9.25. The summed E-state index contributed by atoms with van der Waals surface area (Å²) in [5, 5.41) is 3.66. The largest absolute Gasteiger partial charge is 0.369 e. The van der Waals surface area contributed by atoms with Crippen LogP contribution >= 0.6 is 11.6 Å². The zero-order chi connectivity index (χ0) is 23.2. The van der Waals surface area contributed by atoms with Gasteiger partial charge in [0, 0.05) is 47.8 Å². The zero-order valence-corrected chi connectivity index (χ0v) is 20.3. The van der Waals surface area contributed by atoms with Gasteiger partial charge in [-0.1, -0.05) is 61.2 Å². The van der Waals surface area contributed by atoms with Crippen molar-refractivity contribution in [3.63, 3.8) is 0 Å². The molecule has 0 bridgehead atoms. The Morgan fingerprint density at radius 1 is 1.18 bits per heavy atom. The van der Waals surface area contributed by atoms with E-state index in [-0.39, 0.29) is 5.91 Å². The van der Waals surface area contributed by atoms with E-state index < -0.39 is 0 Å². The molecule has 1 aromatic heterocycles. The van der Waals surface area contributed by atoms with E-state index in [0.29, 0.717) is 23.2 Å². The maximum absolute atomic E-state index is 13.2. The minimum Gasteiger partial charge on any atom is -0.369 e. The molecule has 0 aliphatic heterocycles. The maximum Gasteiger partial charge on any atom is 0.252 e. The SMILES string of the molecule is CCN(c1cc(Cl)cc(C(=O)NCc2nccn2Cc2ccccc2)c1C)C1CCCCC1. The lowest BCUT2D eigenvalue weighted by molar-refractivity contribution is 0.0949. The van der Waals surface area contributed by atoms with Gasteiger partial charge in [0.2, 0.25) is 0 Å². The van der Waals surface area contributed by atoms with Crippen LogP contribution in [0.5, 0.6) is 0 Å². The molecule has 4 rings (SSSR count). The van der Waals surface area contributed by atoms with Crippen molar-refractivity contribution in [2.24, 2.45) is 0 Å². The van der Waals surface area contributed by atoms with Crippen LogP contribution in [0.1, 0.15) is 66.3 Å². The van der Waals surface area contributed by atoms with E-state index in [9.17, 15) is 4.79 Å². The van der Waals surface area contributed by atoms with Crippen LogP contribution in [-0.2, 0) is 13.1 Å². The smallest absolute Gasteiger partial charge is 0.252 e. The first-order chi connectivity index (χ1) is 16.1. The van der Waals surface area contributed by atoms with E-state index in [1.54, 1.807) is 12.3 Å². The summed E-state index contributed by atoms with van der Waals surface area (Å²) in [7, 11) is 0. The number of nitrogens with zero attached hydrogens (tertiary/aromatic N) is 3. The zero-order valence-electron chi connectivity index (χ0n) is 19.6. The Kier molecular flexibility index (Phi) is 7.71. The molecule has 5 nitrogen and oxygen atoms in total. The molecule has 0 unspecified atom stereocenters. The monoisotopic (exact) mass is 464 g/mol. The topological polar surface area (TPSA) is 50.2 Å². The third kappa shape index (κ3) is 5.59. The van der Waals surface area contributed by atoms with E-state index in [0.717, 1.165) is 30.2 Å². The van der Waals surface area contributed by atoms with Gasteiger partial charge in [-0.2, -0.15) is 0 Å². The molecule has 1 amide bonds. The highest BCUT2D eigenvalue weighted by Crippen LogP contribution is 2.33. The van der Waals surface area contributed by atoms with Gasteiger partial charge in [-0.15, -0.1) is 0 Å². The van der Waals surface area contributed by atoms with Crippen LogP contribution in [0.25, 0.3) is 0 Å². The van der Waals surface area contributed by atoms with Gasteiger partial charge in [0.15, 0.2) is 0 Å². The molecule has 3 aromatic rings. The molecule has 33 heavy (non-hydrogen) atoms. The Labute approximate surface area is 201 Å². The lowest BCUT2D eigenvalue weighted by Crippen LogP contribution is -2.37. The van der Waals surface area contributed by atoms with Crippen LogP contribution in [0.4, 0.5) is 5.69 Å². The number of carbonyl (C=O) groups is 1. The summed E-state index contributed by atoms with van der Waals surface area (Å²) in [6.45, 7) is 6.20. The lowest BCUT2D eigenvalue weighted by atomic mass is 9.93. The van der Waals surface area contributed by atoms with E-state index in [1.807, 2.05) is 37.4 Å². The highest BCUT2D eigenvalue weighted by molar-refractivity contribution is 6.31. The number of carbonyl (C=O) groups excluding carboxylic acids is 1. The van der Waals surface area contributed by atoms with Gasteiger partial charge in [0.25, 0.3) is 5.91 Å². The fourth-order valence-corrected chi connectivity index (χ4v) is 5.12. The molecule has 1 saturated carbocycles. The minimum atomic E-state index is -0.120. The summed E-state index contributed by atoms with van der Waals surface area (Å²) in [6.07, 6.45) is 9.97. The van der Waals surface area contributed by atoms with Gasteiger partial charge in [-0.25, -0.2) is 4.98 Å². The second-order valence-electron chi connectivity index (χ2n) is 8.81. The van der Waals surface area contributed by atoms with Crippen molar-refractivity contribution in [3.05, 3.63) is 82.4 Å². The standard InChI is InChI=1S/C27H33ClN4O/c1-3-32(23-12-8-5-9-13-23)25-17-22(28)16-24(20(25)2)27(33)30-18-26-29-14-15-31(26)19-21-10-6-4-7-11-21/h4,6-7,10-11,14-17,23H,3,5,8-9,12-13,18-19H2,1-2H3,(H,30,33). The molecule has 174 valence electrons. The van der Waals surface area contributed by atoms with Gasteiger partial charge in [-0.3, -0.25) is 4.79 Å². The molecule has 1 heterocycles. The number of rotatable bonds is 8. The molecule has 0 spiro atoms. The molecule has 1 aliphatic carbocycles. The molecule has 1 fully saturated rings. The first-order valence-corrected chi connectivity index (χ1v) is 12.3. The Balaban J connectivity index is 1.49. The highest BCUT2D eigenvalue weighted by Gasteiger charge is 2.24. The van der Waals surface area contributed by atoms with Crippen molar-refractivity contribution < 1.29 is 4.79 Å². The van der Waals surface area contributed by atoms with Crippen molar-refractivity contribution in [3.8, 4) is 0 Å². The quantitative estimate of drug-likeness (QED) is 0.446. The molecular formula is C27H33ClN4O. The molecule has 0 radical (unpaired) electrons. The fraction of sp³-hybridized carbons (Fsp3) is 0.407. The van der Waals surface area contributed by atoms with Crippen LogP contribution in [0.3, 0.4) is 0 Å². The predicted octanol–water partition coefficient (Wildman–Crippen LogP) is 5.98. The summed E-state index contributed by atoms with van der Waals surface area (Å²) in [4.78, 5) is 20.1. The normalized spacial score (nSPS) is 14.3. The summed E-state index contributed by atoms with van der Waals surface area (Å²) in [5.41, 5.74) is 3.89. The van der Waals surface area contributed by atoms with E-state index in [4.69, 9.17) is 11.6 Å². The number of amides is 1. The third-order valence-electron chi connectivity index (χ3n) is 6.66. The van der Waals surface area contributed by atoms with Crippen LogP contribution in [0.2, 0.25) is 5.02 Å². The highest BCUT2D eigenvalue weighted by atomic mass is 35.5. The number of aromatic nitrogens is 2. The number of benzene rings is 2. The number of halogens is 1. The van der Waals surface area contributed by atoms with Crippen LogP contribution in [-0.4, -0.2) is 28.0 Å². The van der Waals surface area contributed by atoms with Crippen LogP contribution < -0.4 is 10.2 Å². The number of hydrogen-bond acceptors (Lipinski definition) is 3. The summed E-state index contributed by atoms with van der Waals surface area (Å²) in [6, 6.07) is 14.5. The summed E-state index contributed by atoms with van der Waals surface area (Å²) < 4.78 is 2.06. The van der Waals surface area contributed by atoms with Gasteiger partial charge < -0.3 is 14.8 Å². The second kappa shape index (κ2) is 10.9. The Hall–Kier alpha value is -2.79. The molecule has 0 saturated heterocycles. The Morgan fingerprint density at radius 2 is 1.94 bits per heavy atom. The van der Waals surface area contributed by atoms with Crippen molar-refractivity contribution in [2.75, 3.05) is 11.4 Å². The van der Waals surface area contributed by atoms with E-state index in [2.05, 4.69) is 38.8 Å². The van der Waals surface area contributed by atoms with Gasteiger partial charge in [0.05, 0.1) is 6.54 Å². The number of hydrogen-bond donors (Lipinski definition) is 1. The fourth-order valence-electron chi connectivity index (χ4n) is 4.90. The number of nitrogens with one attached hydrogen (secondary N) is 1. The third-order valence-corrected chi connectivity index (χ3v) is 6.88. The van der Waals surface area contributed by atoms with Crippen molar-refractivity contribution in [1.82, 2.24) is 14.9 Å². The van der Waals surface area contributed by atoms with E-state index in [1.165, 1.54) is 37.7 Å². The first-order valence-electron chi connectivity index (χ1n) is 12.0. The molecule has 1 N–H and O–H groups in total. The van der Waals surface area contributed by atoms with Crippen molar-refractivity contribution >= 4 is 23.2 Å². The van der Waals surface area contributed by atoms with Crippen LogP contribution in [0.15, 0.2) is 54.9 Å². The molecule has 2 aromatic carbocycles. The van der Waals surface area contributed by atoms with Gasteiger partial charge in [-0.05, 0) is 49.9 Å². The van der Waals surface area contributed by atoms with E-state index >= 15 is 0 Å². The Morgan fingerprint density at radius 3 is 2.67 bits per heavy atom. The first kappa shape index (κ1) is 23.4. The van der Waals surface area contributed by atoms with Crippen molar-refractivity contribution in [1.29, 1.82) is 0 Å². The van der Waals surface area contributed by atoms with Gasteiger partial charge in [0.1, 0.15) is 5.82 Å². The minimum absolute atomic E-state index is 0.120. The average molecular weight is 465 g/mol. The molecule has 0 atom stereocenters. The predicted molar refractivity (Wildman–Crippen MR) is 135 cm³/mol. The lowest BCUT2D eigenvalue weighted by Gasteiger charge is -2.36. The molecule has 1 aliphatic rings. The maximum atomic E-state index is 13.2. The summed E-state index contributed by atoms with van der Waals surface area (Å²) >= 11 is 6.50. The van der Waals surface area contributed by atoms with Crippen molar-refractivity contribution in [2.45, 2.75) is 65.1 Å². The average Bonchev–Trinajstić information content (AvgIpc) is 3.28. The van der Waals surface area contributed by atoms with Crippen LogP contribution in [0, 0.1) is 6.92 Å². The number of imidazole rings is 1. The molecular weight excluding hydrogens is 432 g/mol. The summed E-state index contributed by atoms with van der Waals surface area (Å²) in [5.74, 6) is 0.703.